The lowest BCUT2D eigenvalue weighted by Crippen LogP contribution is -2.14. The Bertz CT molecular complexity index is 1060. The summed E-state index contributed by atoms with van der Waals surface area (Å²) < 4.78 is 11.4. The van der Waals surface area contributed by atoms with Gasteiger partial charge in [-0.2, -0.15) is 0 Å². The Balaban J connectivity index is 1.54. The standard InChI is InChI=1S/C22H22N4O4/c1-26(2)25-24-23-21(22(27)28)17-8-10-19(11-9-17)29-13-14-30-20-12-7-16-5-3-4-6-18(16)15-20/h3-12,15H,13-14H2,1-2H3,(H,27,28)/b23-21-,25-24?. The van der Waals surface area contributed by atoms with Gasteiger partial charge in [0.1, 0.15) is 24.7 Å². The van der Waals surface area contributed by atoms with Crippen LogP contribution in [0.3, 0.4) is 0 Å². The summed E-state index contributed by atoms with van der Waals surface area (Å²) in [7, 11) is 3.32. The van der Waals surface area contributed by atoms with Crippen LogP contribution >= 0.6 is 0 Å². The van der Waals surface area contributed by atoms with Gasteiger partial charge in [0, 0.05) is 19.7 Å². The first-order valence-corrected chi connectivity index (χ1v) is 9.27. The summed E-state index contributed by atoms with van der Waals surface area (Å²) >= 11 is 0. The van der Waals surface area contributed by atoms with Gasteiger partial charge in [0.05, 0.1) is 0 Å². The van der Waals surface area contributed by atoms with Crippen molar-refractivity contribution in [3.8, 4) is 11.5 Å². The fraction of sp³-hybridized carbons (Fsp3) is 0.182. The lowest BCUT2D eigenvalue weighted by molar-refractivity contribution is -0.129. The summed E-state index contributed by atoms with van der Waals surface area (Å²) in [5.41, 5.74) is 0.201. The number of carbonyl (C=O) groups is 1. The number of hydrogen-bond acceptors (Lipinski definition) is 5. The van der Waals surface area contributed by atoms with Crippen LogP contribution in [0.15, 0.2) is 82.3 Å². The molecule has 0 amide bonds. The number of fused-ring (bicyclic) bond motifs is 1. The Labute approximate surface area is 174 Å². The van der Waals surface area contributed by atoms with Crippen LogP contribution < -0.4 is 9.47 Å². The molecule has 0 saturated heterocycles. The van der Waals surface area contributed by atoms with Crippen molar-refractivity contribution in [2.24, 2.45) is 15.5 Å². The quantitative estimate of drug-likeness (QED) is 0.251. The number of ether oxygens (including phenoxy) is 2. The number of hydrogen-bond donors (Lipinski definition) is 1. The van der Waals surface area contributed by atoms with Gasteiger partial charge in [0.15, 0.2) is 5.71 Å². The number of carboxylic acids is 1. The van der Waals surface area contributed by atoms with Crippen molar-refractivity contribution in [3.05, 3.63) is 72.3 Å². The minimum atomic E-state index is -1.19. The average Bonchev–Trinajstić information content (AvgIpc) is 2.74. The lowest BCUT2D eigenvalue weighted by Gasteiger charge is -2.09. The highest BCUT2D eigenvalue weighted by molar-refractivity contribution is 6.42. The van der Waals surface area contributed by atoms with E-state index in [0.717, 1.165) is 16.5 Å². The van der Waals surface area contributed by atoms with E-state index in [2.05, 4.69) is 21.6 Å². The summed E-state index contributed by atoms with van der Waals surface area (Å²) in [6, 6.07) is 20.6. The summed E-state index contributed by atoms with van der Waals surface area (Å²) in [4.78, 5) is 11.4. The second kappa shape index (κ2) is 10.0. The molecule has 0 unspecified atom stereocenters. The zero-order valence-electron chi connectivity index (χ0n) is 16.7. The molecule has 0 aliphatic rings. The van der Waals surface area contributed by atoms with Gasteiger partial charge in [-0.25, -0.2) is 4.79 Å². The first-order chi connectivity index (χ1) is 14.5. The van der Waals surface area contributed by atoms with Crippen molar-refractivity contribution >= 4 is 22.5 Å². The predicted molar refractivity (Wildman–Crippen MR) is 114 cm³/mol. The molecule has 0 saturated carbocycles. The number of carboxylic acid groups (broad SMARTS) is 1. The van der Waals surface area contributed by atoms with E-state index >= 15 is 0 Å². The second-order valence-electron chi connectivity index (χ2n) is 6.51. The number of nitrogens with zero attached hydrogens (tertiary/aromatic N) is 4. The van der Waals surface area contributed by atoms with Crippen LogP contribution in [0.5, 0.6) is 11.5 Å². The van der Waals surface area contributed by atoms with Crippen molar-refractivity contribution in [1.82, 2.24) is 5.01 Å². The topological polar surface area (TPSA) is 96.1 Å². The van der Waals surface area contributed by atoms with E-state index < -0.39 is 5.97 Å². The van der Waals surface area contributed by atoms with Crippen LogP contribution in [0, 0.1) is 0 Å². The Hall–Kier alpha value is -3.94. The fourth-order valence-corrected chi connectivity index (χ4v) is 2.65. The van der Waals surface area contributed by atoms with Crippen LogP contribution in [-0.4, -0.2) is 49.1 Å². The maximum Gasteiger partial charge on any atom is 0.357 e. The Morgan fingerprint density at radius 1 is 0.900 bits per heavy atom. The molecule has 0 heterocycles. The van der Waals surface area contributed by atoms with Crippen LogP contribution in [0.4, 0.5) is 0 Å². The van der Waals surface area contributed by atoms with Crippen molar-refractivity contribution in [3.63, 3.8) is 0 Å². The van der Waals surface area contributed by atoms with E-state index in [9.17, 15) is 9.90 Å². The van der Waals surface area contributed by atoms with E-state index in [1.165, 1.54) is 5.01 Å². The average molecular weight is 406 g/mol. The first kappa shape index (κ1) is 20.8. The van der Waals surface area contributed by atoms with Crippen LogP contribution in [0.1, 0.15) is 5.56 Å². The molecule has 0 aliphatic heterocycles. The maximum absolute atomic E-state index is 11.4. The van der Waals surface area contributed by atoms with Gasteiger partial charge in [-0.1, -0.05) is 35.6 Å². The third-order valence-corrected chi connectivity index (χ3v) is 4.04. The molecule has 0 aromatic heterocycles. The molecule has 3 aromatic rings. The highest BCUT2D eigenvalue weighted by atomic mass is 16.5. The second-order valence-corrected chi connectivity index (χ2v) is 6.51. The Kier molecular flexibility index (Phi) is 6.94. The maximum atomic E-state index is 11.4. The van der Waals surface area contributed by atoms with Gasteiger partial charge in [-0.15, -0.1) is 5.10 Å². The summed E-state index contributed by atoms with van der Waals surface area (Å²) in [5.74, 6) is 0.188. The molecule has 1 N–H and O–H groups in total. The fourth-order valence-electron chi connectivity index (χ4n) is 2.65. The van der Waals surface area contributed by atoms with E-state index in [-0.39, 0.29) is 5.71 Å². The van der Waals surface area contributed by atoms with Crippen molar-refractivity contribution < 1.29 is 19.4 Å². The predicted octanol–water partition coefficient (Wildman–Crippen LogP) is 4.02. The normalized spacial score (nSPS) is 11.6. The molecule has 0 bridgehead atoms. The van der Waals surface area contributed by atoms with Crippen LogP contribution in [-0.2, 0) is 4.79 Å². The van der Waals surface area contributed by atoms with Gasteiger partial charge in [0.2, 0.25) is 0 Å². The third-order valence-electron chi connectivity index (χ3n) is 4.04. The van der Waals surface area contributed by atoms with Crippen LogP contribution in [0.2, 0.25) is 0 Å². The van der Waals surface area contributed by atoms with Crippen molar-refractivity contribution in [1.29, 1.82) is 0 Å². The summed E-state index contributed by atoms with van der Waals surface area (Å²) in [5, 5.41) is 23.8. The smallest absolute Gasteiger partial charge is 0.357 e. The number of benzene rings is 3. The zero-order chi connectivity index (χ0) is 21.3. The monoisotopic (exact) mass is 406 g/mol. The van der Waals surface area contributed by atoms with Gasteiger partial charge in [-0.3, -0.25) is 5.01 Å². The number of rotatable bonds is 9. The molecule has 3 aromatic carbocycles. The molecule has 0 fully saturated rings. The molecular formula is C22H22N4O4. The highest BCUT2D eigenvalue weighted by Gasteiger charge is 2.13. The van der Waals surface area contributed by atoms with Crippen molar-refractivity contribution in [2.75, 3.05) is 27.3 Å². The first-order valence-electron chi connectivity index (χ1n) is 9.27. The van der Waals surface area contributed by atoms with E-state index in [1.807, 2.05) is 36.4 Å². The molecule has 0 atom stereocenters. The van der Waals surface area contributed by atoms with E-state index in [4.69, 9.17) is 9.47 Å². The molecule has 0 radical (unpaired) electrons. The summed E-state index contributed by atoms with van der Waals surface area (Å²) in [6.45, 7) is 0.732. The molecule has 8 heteroatoms. The minimum Gasteiger partial charge on any atom is -0.490 e. The molecular weight excluding hydrogens is 384 g/mol. The lowest BCUT2D eigenvalue weighted by atomic mass is 10.1. The Morgan fingerprint density at radius 2 is 1.53 bits per heavy atom. The highest BCUT2D eigenvalue weighted by Crippen LogP contribution is 2.20. The molecule has 3 rings (SSSR count). The Morgan fingerprint density at radius 3 is 2.20 bits per heavy atom. The number of aliphatic carboxylic acids is 1. The SMILES string of the molecule is CN(C)N=N/N=C(\C(=O)O)c1ccc(OCCOc2ccc3ccccc3c2)cc1. The van der Waals surface area contributed by atoms with Gasteiger partial charge >= 0.3 is 5.97 Å². The zero-order valence-corrected chi connectivity index (χ0v) is 16.7. The molecule has 154 valence electrons. The van der Waals surface area contributed by atoms with Gasteiger partial charge in [-0.05, 0) is 52.4 Å². The van der Waals surface area contributed by atoms with Gasteiger partial charge < -0.3 is 14.6 Å². The molecule has 30 heavy (non-hydrogen) atoms. The van der Waals surface area contributed by atoms with E-state index in [0.29, 0.717) is 24.5 Å². The van der Waals surface area contributed by atoms with Crippen molar-refractivity contribution in [2.45, 2.75) is 0 Å². The minimum absolute atomic E-state index is 0.202. The summed E-state index contributed by atoms with van der Waals surface area (Å²) in [6.07, 6.45) is 0. The van der Waals surface area contributed by atoms with Crippen LogP contribution in [0.25, 0.3) is 10.8 Å². The van der Waals surface area contributed by atoms with Gasteiger partial charge in [0.25, 0.3) is 0 Å². The molecule has 8 nitrogen and oxygen atoms in total. The third kappa shape index (κ3) is 5.78. The largest absolute Gasteiger partial charge is 0.490 e. The molecule has 0 aliphatic carbocycles. The van der Waals surface area contributed by atoms with E-state index in [1.54, 1.807) is 38.4 Å². The molecule has 0 spiro atoms.